The number of nitrogens with two attached hydrogens (primary N) is 2. The van der Waals surface area contributed by atoms with Crippen molar-refractivity contribution in [3.05, 3.63) is 39.9 Å². The van der Waals surface area contributed by atoms with Crippen LogP contribution in [0.3, 0.4) is 0 Å². The van der Waals surface area contributed by atoms with Crippen molar-refractivity contribution < 1.29 is 44.0 Å². The van der Waals surface area contributed by atoms with Gasteiger partial charge in [-0.3, -0.25) is 24.1 Å². The number of fused-ring (bicyclic) bond motifs is 3. The van der Waals surface area contributed by atoms with Crippen molar-refractivity contribution in [2.24, 2.45) is 23.3 Å². The molecule has 12 nitrogen and oxygen atoms in total. The highest BCUT2D eigenvalue weighted by molar-refractivity contribution is 6.24. The van der Waals surface area contributed by atoms with Gasteiger partial charge in [-0.2, -0.15) is 0 Å². The minimum atomic E-state index is -2.86. The molecule has 220 valence electrons. The van der Waals surface area contributed by atoms with Gasteiger partial charge in [-0.05, 0) is 44.7 Å². The normalized spacial score (nSPS) is 28.8. The Kier molecular flexibility index (Phi) is 7.38. The van der Waals surface area contributed by atoms with Crippen LogP contribution in [0.25, 0.3) is 5.76 Å². The molecule has 0 aromatic heterocycles. The zero-order valence-electron chi connectivity index (χ0n) is 22.3. The van der Waals surface area contributed by atoms with Crippen molar-refractivity contribution in [2.75, 3.05) is 25.0 Å². The fourth-order valence-electron chi connectivity index (χ4n) is 6.70. The number of ketones is 2. The SMILES string of the molecule is NC(=O)C1=C(O)[C@@]2(O)C(=O)C3=C(O)c4c(O)c(NC(=O)CN5CCCCCCC5)cc(F)c4C[C@H]3C[C@H]2[C@@H](N)C1=O. The van der Waals surface area contributed by atoms with E-state index in [1.807, 2.05) is 4.90 Å². The number of phenolic OH excluding ortho intramolecular Hbond substituents is 1. The topological polar surface area (TPSA) is 217 Å². The fraction of sp³-hybridized carbons (Fsp3) is 0.500. The lowest BCUT2D eigenvalue weighted by Crippen LogP contribution is -2.65. The molecule has 0 bridgehead atoms. The Labute approximate surface area is 234 Å². The van der Waals surface area contributed by atoms with Gasteiger partial charge in [0, 0.05) is 23.1 Å². The first kappa shape index (κ1) is 28.7. The zero-order chi connectivity index (χ0) is 29.8. The minimum absolute atomic E-state index is 0.0208. The summed E-state index contributed by atoms with van der Waals surface area (Å²) in [5, 5.41) is 46.8. The molecule has 4 atom stereocenters. The number of halogens is 1. The summed E-state index contributed by atoms with van der Waals surface area (Å²) in [4.78, 5) is 52.9. The highest BCUT2D eigenvalue weighted by Crippen LogP contribution is 2.52. The molecule has 1 saturated heterocycles. The number of aliphatic hydroxyl groups is 3. The Balaban J connectivity index is 1.51. The number of nitrogens with zero attached hydrogens (tertiary/aromatic N) is 1. The van der Waals surface area contributed by atoms with Crippen LogP contribution in [0.1, 0.15) is 49.7 Å². The third kappa shape index (κ3) is 4.57. The van der Waals surface area contributed by atoms with Gasteiger partial charge in [-0.15, -0.1) is 0 Å². The second kappa shape index (κ2) is 10.5. The Hall–Kier alpha value is -3.81. The Morgan fingerprint density at radius 2 is 1.73 bits per heavy atom. The van der Waals surface area contributed by atoms with E-state index in [1.165, 1.54) is 0 Å². The summed E-state index contributed by atoms with van der Waals surface area (Å²) in [6, 6.07) is -0.653. The number of aliphatic hydroxyl groups excluding tert-OH is 2. The third-order valence-electron chi connectivity index (χ3n) is 8.79. The van der Waals surface area contributed by atoms with Gasteiger partial charge < -0.3 is 37.2 Å². The van der Waals surface area contributed by atoms with Crippen LogP contribution in [0, 0.1) is 17.7 Å². The van der Waals surface area contributed by atoms with Crippen LogP contribution in [0.4, 0.5) is 10.1 Å². The second-order valence-corrected chi connectivity index (χ2v) is 11.3. The molecule has 41 heavy (non-hydrogen) atoms. The van der Waals surface area contributed by atoms with Gasteiger partial charge in [0.1, 0.15) is 22.9 Å². The number of nitrogens with one attached hydrogen (secondary N) is 1. The fourth-order valence-corrected chi connectivity index (χ4v) is 6.70. The highest BCUT2D eigenvalue weighted by Gasteiger charge is 2.63. The van der Waals surface area contributed by atoms with E-state index in [9.17, 15) is 39.6 Å². The lowest BCUT2D eigenvalue weighted by atomic mass is 9.58. The number of carbonyl (C=O) groups excluding carboxylic acids is 4. The summed E-state index contributed by atoms with van der Waals surface area (Å²) >= 11 is 0. The van der Waals surface area contributed by atoms with Crippen LogP contribution < -0.4 is 16.8 Å². The first-order chi connectivity index (χ1) is 19.4. The van der Waals surface area contributed by atoms with Gasteiger partial charge in [-0.25, -0.2) is 4.39 Å². The van der Waals surface area contributed by atoms with Crippen LogP contribution in [0.2, 0.25) is 0 Å². The Morgan fingerprint density at radius 3 is 2.37 bits per heavy atom. The predicted molar refractivity (Wildman–Crippen MR) is 143 cm³/mol. The van der Waals surface area contributed by atoms with E-state index in [0.717, 1.165) is 51.3 Å². The molecule has 1 aliphatic heterocycles. The summed E-state index contributed by atoms with van der Waals surface area (Å²) < 4.78 is 15.4. The maximum atomic E-state index is 15.4. The largest absolute Gasteiger partial charge is 0.508 e. The van der Waals surface area contributed by atoms with E-state index in [4.69, 9.17) is 11.5 Å². The number of phenols is 1. The number of anilines is 1. The molecule has 0 radical (unpaired) electrons. The molecule has 1 aromatic rings. The molecule has 1 aromatic carbocycles. The number of amides is 2. The molecule has 1 heterocycles. The van der Waals surface area contributed by atoms with E-state index in [1.54, 1.807) is 0 Å². The maximum absolute atomic E-state index is 15.4. The first-order valence-electron chi connectivity index (χ1n) is 13.7. The van der Waals surface area contributed by atoms with E-state index in [0.29, 0.717) is 0 Å². The number of aromatic hydroxyl groups is 1. The van der Waals surface area contributed by atoms with Gasteiger partial charge >= 0.3 is 0 Å². The molecule has 3 aliphatic carbocycles. The second-order valence-electron chi connectivity index (χ2n) is 11.3. The van der Waals surface area contributed by atoms with Gasteiger partial charge in [-0.1, -0.05) is 19.3 Å². The van der Waals surface area contributed by atoms with Crippen molar-refractivity contribution in [1.82, 2.24) is 4.90 Å². The molecule has 1 saturated carbocycles. The van der Waals surface area contributed by atoms with Crippen LogP contribution in [0.15, 0.2) is 23.0 Å². The molecule has 0 spiro atoms. The Bertz CT molecular complexity index is 1410. The maximum Gasteiger partial charge on any atom is 0.255 e. The molecular weight excluding hydrogens is 539 g/mol. The molecule has 5 rings (SSSR count). The number of Topliss-reactive ketones (excluding diaryl/α,β-unsaturated/α-hetero) is 2. The minimum Gasteiger partial charge on any atom is -0.508 e. The van der Waals surface area contributed by atoms with Crippen LogP contribution in [-0.4, -0.2) is 80.0 Å². The van der Waals surface area contributed by atoms with E-state index >= 15 is 4.39 Å². The van der Waals surface area contributed by atoms with Crippen molar-refractivity contribution in [1.29, 1.82) is 0 Å². The van der Waals surface area contributed by atoms with Crippen molar-refractivity contribution in [3.63, 3.8) is 0 Å². The van der Waals surface area contributed by atoms with Gasteiger partial charge in [0.2, 0.25) is 11.7 Å². The molecular formula is C28H33FN4O8. The molecule has 13 heteroatoms. The summed E-state index contributed by atoms with van der Waals surface area (Å²) in [6.07, 6.45) is 4.72. The lowest BCUT2D eigenvalue weighted by molar-refractivity contribution is -0.149. The number of hydrogen-bond donors (Lipinski definition) is 7. The number of carbonyl (C=O) groups is 4. The van der Waals surface area contributed by atoms with Crippen LogP contribution in [-0.2, 0) is 25.6 Å². The number of benzene rings is 1. The average molecular weight is 573 g/mol. The molecule has 9 N–H and O–H groups in total. The number of primary amides is 1. The number of hydrogen-bond acceptors (Lipinski definition) is 10. The summed E-state index contributed by atoms with van der Waals surface area (Å²) in [5.41, 5.74) is 5.97. The van der Waals surface area contributed by atoms with Crippen molar-refractivity contribution in [2.45, 2.75) is 56.6 Å². The van der Waals surface area contributed by atoms with Gasteiger partial charge in [0.15, 0.2) is 17.1 Å². The Morgan fingerprint density at radius 1 is 1.10 bits per heavy atom. The van der Waals surface area contributed by atoms with E-state index in [-0.39, 0.29) is 30.6 Å². The predicted octanol–water partition coefficient (Wildman–Crippen LogP) is 0.705. The first-order valence-corrected chi connectivity index (χ1v) is 13.7. The number of likely N-dealkylation sites (tertiary alicyclic amines) is 1. The molecule has 2 amide bonds. The number of rotatable bonds is 4. The summed E-state index contributed by atoms with van der Waals surface area (Å²) in [5.74, 6) is -10.2. The van der Waals surface area contributed by atoms with Crippen LogP contribution in [0.5, 0.6) is 5.75 Å². The highest BCUT2D eigenvalue weighted by atomic mass is 19.1. The molecule has 0 unspecified atom stereocenters. The molecule has 4 aliphatic rings. The van der Waals surface area contributed by atoms with Crippen molar-refractivity contribution in [3.8, 4) is 5.75 Å². The third-order valence-corrected chi connectivity index (χ3v) is 8.79. The smallest absolute Gasteiger partial charge is 0.255 e. The lowest BCUT2D eigenvalue weighted by Gasteiger charge is -2.48. The quantitative estimate of drug-likeness (QED) is 0.198. The zero-order valence-corrected chi connectivity index (χ0v) is 22.3. The van der Waals surface area contributed by atoms with Crippen LogP contribution >= 0.6 is 0 Å². The van der Waals surface area contributed by atoms with Crippen molar-refractivity contribution >= 4 is 34.8 Å². The van der Waals surface area contributed by atoms with Gasteiger partial charge in [0.05, 0.1) is 23.8 Å². The van der Waals surface area contributed by atoms with Gasteiger partial charge in [0.25, 0.3) is 5.91 Å². The summed E-state index contributed by atoms with van der Waals surface area (Å²) in [6.45, 7) is 1.48. The van der Waals surface area contributed by atoms with E-state index in [2.05, 4.69) is 5.32 Å². The summed E-state index contributed by atoms with van der Waals surface area (Å²) in [7, 11) is 0. The average Bonchev–Trinajstić information content (AvgIpc) is 2.89. The monoisotopic (exact) mass is 572 g/mol. The van der Waals surface area contributed by atoms with E-state index < -0.39 is 86.7 Å². The molecule has 2 fully saturated rings. The standard InChI is InChI=1S/C28H33FN4O8/c29-15-10-16(32-17(34)11-33-6-4-2-1-3-5-7-33)22(35)19-13(15)8-12-9-14-21(30)24(37)20(27(31)40)26(39)28(14,41)25(38)18(12)23(19)36/h10,12,14,21,35-36,39,41H,1-9,11,30H2,(H2,31,40)(H,32,34)/t12-,14-,21+,28-/m0/s1.